The van der Waals surface area contributed by atoms with Crippen molar-refractivity contribution in [2.45, 2.75) is 63.1 Å². The zero-order valence-electron chi connectivity index (χ0n) is 12.2. The molecule has 110 valence electrons. The summed E-state index contributed by atoms with van der Waals surface area (Å²) in [6.45, 7) is 7.14. The summed E-state index contributed by atoms with van der Waals surface area (Å²) in [6, 6.07) is 0. The molecule has 0 radical (unpaired) electrons. The number of hydrogen-bond donors (Lipinski definition) is 1. The molecule has 1 aliphatic heterocycles. The minimum Gasteiger partial charge on any atom is -0.380 e. The molecular weight excluding hydrogens is 238 g/mol. The lowest BCUT2D eigenvalue weighted by Gasteiger charge is -2.33. The van der Waals surface area contributed by atoms with Crippen molar-refractivity contribution in [2.24, 2.45) is 0 Å². The average Bonchev–Trinajstić information content (AvgIpc) is 2.81. The summed E-state index contributed by atoms with van der Waals surface area (Å²) in [5.41, 5.74) is 0.255. The SMILES string of the molecule is C=CCCOCCNCC1CCC2(CCCCC2)O1. The predicted molar refractivity (Wildman–Crippen MR) is 78.4 cm³/mol. The summed E-state index contributed by atoms with van der Waals surface area (Å²) in [5.74, 6) is 0. The molecule has 2 aliphatic rings. The van der Waals surface area contributed by atoms with Crippen LogP contribution >= 0.6 is 0 Å². The van der Waals surface area contributed by atoms with Gasteiger partial charge in [-0.15, -0.1) is 6.58 Å². The van der Waals surface area contributed by atoms with E-state index in [1.807, 2.05) is 6.08 Å². The van der Waals surface area contributed by atoms with E-state index in [0.29, 0.717) is 6.10 Å². The Kier molecular flexibility index (Phi) is 6.35. The van der Waals surface area contributed by atoms with Crippen LogP contribution in [0.2, 0.25) is 0 Å². The van der Waals surface area contributed by atoms with E-state index >= 15 is 0 Å². The maximum atomic E-state index is 6.32. The zero-order chi connectivity index (χ0) is 13.4. The van der Waals surface area contributed by atoms with Crippen molar-refractivity contribution in [2.75, 3.05) is 26.3 Å². The Morgan fingerprint density at radius 1 is 1.21 bits per heavy atom. The molecule has 0 amide bonds. The first-order valence-corrected chi connectivity index (χ1v) is 7.92. The van der Waals surface area contributed by atoms with Crippen molar-refractivity contribution in [3.8, 4) is 0 Å². The van der Waals surface area contributed by atoms with Gasteiger partial charge in [-0.3, -0.25) is 0 Å². The van der Waals surface area contributed by atoms with Crippen molar-refractivity contribution in [1.82, 2.24) is 5.32 Å². The molecule has 3 heteroatoms. The van der Waals surface area contributed by atoms with Crippen molar-refractivity contribution < 1.29 is 9.47 Å². The molecule has 2 fully saturated rings. The van der Waals surface area contributed by atoms with E-state index in [0.717, 1.165) is 32.7 Å². The maximum absolute atomic E-state index is 6.32. The predicted octanol–water partition coefficient (Wildman–Crippen LogP) is 3.05. The molecule has 19 heavy (non-hydrogen) atoms. The molecule has 1 heterocycles. The molecule has 1 aliphatic carbocycles. The fraction of sp³-hybridized carbons (Fsp3) is 0.875. The van der Waals surface area contributed by atoms with Crippen LogP contribution in [0, 0.1) is 0 Å². The molecule has 2 rings (SSSR count). The monoisotopic (exact) mass is 267 g/mol. The molecule has 0 aromatic carbocycles. The van der Waals surface area contributed by atoms with E-state index in [2.05, 4.69) is 11.9 Å². The summed E-state index contributed by atoms with van der Waals surface area (Å²) < 4.78 is 11.8. The molecule has 0 aromatic heterocycles. The van der Waals surface area contributed by atoms with E-state index in [9.17, 15) is 0 Å². The minimum absolute atomic E-state index is 0.255. The molecule has 1 saturated heterocycles. The Morgan fingerprint density at radius 3 is 2.84 bits per heavy atom. The summed E-state index contributed by atoms with van der Waals surface area (Å²) in [4.78, 5) is 0. The third-order valence-corrected chi connectivity index (χ3v) is 4.36. The van der Waals surface area contributed by atoms with Crippen molar-refractivity contribution >= 4 is 0 Å². The highest BCUT2D eigenvalue weighted by Crippen LogP contribution is 2.41. The lowest BCUT2D eigenvalue weighted by atomic mass is 9.83. The van der Waals surface area contributed by atoms with E-state index in [-0.39, 0.29) is 5.60 Å². The van der Waals surface area contributed by atoms with Gasteiger partial charge in [0.1, 0.15) is 0 Å². The standard InChI is InChI=1S/C16H29NO2/c1-2-3-12-18-13-11-17-14-15-7-10-16(19-15)8-5-4-6-9-16/h2,15,17H,1,3-14H2. The van der Waals surface area contributed by atoms with Crippen LogP contribution in [0.5, 0.6) is 0 Å². The van der Waals surface area contributed by atoms with E-state index in [1.165, 1.54) is 44.9 Å². The van der Waals surface area contributed by atoms with Gasteiger partial charge >= 0.3 is 0 Å². The topological polar surface area (TPSA) is 30.5 Å². The van der Waals surface area contributed by atoms with E-state index in [1.54, 1.807) is 0 Å². The number of hydrogen-bond acceptors (Lipinski definition) is 3. The van der Waals surface area contributed by atoms with Gasteiger partial charge in [0.15, 0.2) is 0 Å². The molecule has 1 spiro atoms. The minimum atomic E-state index is 0.255. The summed E-state index contributed by atoms with van der Waals surface area (Å²) in [5, 5.41) is 3.45. The van der Waals surface area contributed by atoms with Gasteiger partial charge in [-0.2, -0.15) is 0 Å². The lowest BCUT2D eigenvalue weighted by Crippen LogP contribution is -2.35. The second kappa shape index (κ2) is 8.03. The molecule has 3 nitrogen and oxygen atoms in total. The molecular formula is C16H29NO2. The van der Waals surface area contributed by atoms with Crippen LogP contribution in [0.4, 0.5) is 0 Å². The van der Waals surface area contributed by atoms with Gasteiger partial charge in [-0.05, 0) is 32.1 Å². The fourth-order valence-electron chi connectivity index (χ4n) is 3.28. The number of rotatable bonds is 8. The first-order valence-electron chi connectivity index (χ1n) is 7.92. The Labute approximate surface area is 117 Å². The Balaban J connectivity index is 1.52. The highest BCUT2D eigenvalue weighted by atomic mass is 16.5. The largest absolute Gasteiger partial charge is 0.380 e. The third kappa shape index (κ3) is 4.90. The zero-order valence-corrected chi connectivity index (χ0v) is 12.2. The summed E-state index contributed by atoms with van der Waals surface area (Å²) >= 11 is 0. The fourth-order valence-corrected chi connectivity index (χ4v) is 3.28. The molecule has 1 unspecified atom stereocenters. The van der Waals surface area contributed by atoms with Crippen LogP contribution < -0.4 is 5.32 Å². The van der Waals surface area contributed by atoms with Crippen LogP contribution in [-0.2, 0) is 9.47 Å². The van der Waals surface area contributed by atoms with Gasteiger partial charge in [-0.1, -0.05) is 25.3 Å². The molecule has 1 atom stereocenters. The van der Waals surface area contributed by atoms with Gasteiger partial charge < -0.3 is 14.8 Å². The van der Waals surface area contributed by atoms with Gasteiger partial charge in [-0.25, -0.2) is 0 Å². The van der Waals surface area contributed by atoms with Crippen LogP contribution in [0.25, 0.3) is 0 Å². The average molecular weight is 267 g/mol. The van der Waals surface area contributed by atoms with Gasteiger partial charge in [0.25, 0.3) is 0 Å². The molecule has 0 bridgehead atoms. The second-order valence-electron chi connectivity index (χ2n) is 5.92. The van der Waals surface area contributed by atoms with Crippen molar-refractivity contribution in [3.05, 3.63) is 12.7 Å². The highest BCUT2D eigenvalue weighted by Gasteiger charge is 2.40. The highest BCUT2D eigenvalue weighted by molar-refractivity contribution is 4.91. The van der Waals surface area contributed by atoms with Crippen molar-refractivity contribution in [1.29, 1.82) is 0 Å². The second-order valence-corrected chi connectivity index (χ2v) is 5.92. The number of ether oxygens (including phenoxy) is 2. The Hall–Kier alpha value is -0.380. The Bertz CT molecular complexity index is 261. The molecule has 1 N–H and O–H groups in total. The van der Waals surface area contributed by atoms with Crippen LogP contribution in [0.1, 0.15) is 51.4 Å². The van der Waals surface area contributed by atoms with E-state index < -0.39 is 0 Å². The van der Waals surface area contributed by atoms with Crippen LogP contribution in [-0.4, -0.2) is 38.0 Å². The quantitative estimate of drug-likeness (QED) is 0.541. The molecule has 0 aromatic rings. The normalized spacial score (nSPS) is 25.8. The van der Waals surface area contributed by atoms with Crippen molar-refractivity contribution in [3.63, 3.8) is 0 Å². The summed E-state index contributed by atoms with van der Waals surface area (Å²) in [6.07, 6.45) is 12.4. The van der Waals surface area contributed by atoms with Crippen LogP contribution in [0.15, 0.2) is 12.7 Å². The van der Waals surface area contributed by atoms with Gasteiger partial charge in [0.05, 0.1) is 24.9 Å². The first kappa shape index (κ1) is 15.0. The third-order valence-electron chi connectivity index (χ3n) is 4.36. The lowest BCUT2D eigenvalue weighted by molar-refractivity contribution is -0.0625. The number of nitrogens with one attached hydrogen (secondary N) is 1. The van der Waals surface area contributed by atoms with Gasteiger partial charge in [0.2, 0.25) is 0 Å². The van der Waals surface area contributed by atoms with E-state index in [4.69, 9.17) is 9.47 Å². The van der Waals surface area contributed by atoms with Gasteiger partial charge in [0, 0.05) is 13.1 Å². The Morgan fingerprint density at radius 2 is 2.05 bits per heavy atom. The molecule has 1 saturated carbocycles. The maximum Gasteiger partial charge on any atom is 0.0708 e. The smallest absolute Gasteiger partial charge is 0.0708 e. The summed E-state index contributed by atoms with van der Waals surface area (Å²) in [7, 11) is 0. The first-order chi connectivity index (χ1) is 9.35. The van der Waals surface area contributed by atoms with Crippen LogP contribution in [0.3, 0.4) is 0 Å².